The zero-order valence-electron chi connectivity index (χ0n) is 16.0. The number of nitrogens with zero attached hydrogens (tertiary/aromatic N) is 2. The maximum absolute atomic E-state index is 11.8. The van der Waals surface area contributed by atoms with Crippen molar-refractivity contribution in [2.75, 3.05) is 11.1 Å². The van der Waals surface area contributed by atoms with Gasteiger partial charge in [-0.25, -0.2) is 4.68 Å². The molecule has 0 amide bonds. The van der Waals surface area contributed by atoms with Gasteiger partial charge >= 0.3 is 0 Å². The van der Waals surface area contributed by atoms with Crippen molar-refractivity contribution in [1.82, 2.24) is 9.36 Å². The second-order valence-corrected chi connectivity index (χ2v) is 6.33. The second-order valence-electron chi connectivity index (χ2n) is 6.33. The highest BCUT2D eigenvalue weighted by molar-refractivity contribution is 5.58. The van der Waals surface area contributed by atoms with Crippen molar-refractivity contribution in [2.24, 2.45) is 7.05 Å². The molecule has 4 aromatic rings. The molecule has 0 unspecified atom stereocenters. The molecule has 0 aliphatic heterocycles. The van der Waals surface area contributed by atoms with Crippen LogP contribution in [0.25, 0.3) is 5.69 Å². The average Bonchev–Trinajstić information content (AvgIpc) is 2.93. The minimum atomic E-state index is -0.166. The standard InChI is InChI=1S/C12H11N.C11H13N3O/c1-3-7-11(8-4-1)13-12-9-5-2-6-10-12;1-8-10(12)11(15)14(13(8)2)9-6-4-3-5-7-9/h1-10,13H;3-7H,12H2,1-2H3. The monoisotopic (exact) mass is 372 g/mol. The number of nitrogen functional groups attached to an aromatic ring is 1. The highest BCUT2D eigenvalue weighted by Crippen LogP contribution is 2.14. The van der Waals surface area contributed by atoms with Crippen molar-refractivity contribution in [2.45, 2.75) is 6.92 Å². The van der Waals surface area contributed by atoms with Gasteiger partial charge in [0.05, 0.1) is 11.4 Å². The maximum atomic E-state index is 11.8. The summed E-state index contributed by atoms with van der Waals surface area (Å²) in [5, 5.41) is 3.30. The van der Waals surface area contributed by atoms with Crippen LogP contribution in [0.4, 0.5) is 17.1 Å². The first-order chi connectivity index (χ1) is 13.6. The molecule has 3 aromatic carbocycles. The highest BCUT2D eigenvalue weighted by atomic mass is 16.1. The quantitative estimate of drug-likeness (QED) is 0.557. The molecule has 0 atom stereocenters. The lowest BCUT2D eigenvalue weighted by Gasteiger charge is -2.07. The zero-order chi connectivity index (χ0) is 19.9. The number of hydrogen-bond donors (Lipinski definition) is 2. The Morgan fingerprint density at radius 3 is 1.57 bits per heavy atom. The topological polar surface area (TPSA) is 65.0 Å². The number of aromatic nitrogens is 2. The van der Waals surface area contributed by atoms with E-state index in [4.69, 9.17) is 5.73 Å². The van der Waals surface area contributed by atoms with Crippen molar-refractivity contribution < 1.29 is 0 Å². The van der Waals surface area contributed by atoms with E-state index in [1.807, 2.05) is 105 Å². The van der Waals surface area contributed by atoms with E-state index in [1.165, 1.54) is 0 Å². The molecule has 1 heterocycles. The molecule has 28 heavy (non-hydrogen) atoms. The molecule has 3 N–H and O–H groups in total. The third-order valence-electron chi connectivity index (χ3n) is 4.43. The first kappa shape index (κ1) is 19.0. The van der Waals surface area contributed by atoms with Crippen molar-refractivity contribution in [3.8, 4) is 5.69 Å². The van der Waals surface area contributed by atoms with Crippen LogP contribution in [-0.4, -0.2) is 9.36 Å². The van der Waals surface area contributed by atoms with Gasteiger partial charge in [-0.05, 0) is 43.3 Å². The van der Waals surface area contributed by atoms with Gasteiger partial charge in [0.15, 0.2) is 0 Å². The molecular weight excluding hydrogens is 348 g/mol. The van der Waals surface area contributed by atoms with E-state index in [1.54, 1.807) is 9.36 Å². The van der Waals surface area contributed by atoms with Crippen molar-refractivity contribution >= 4 is 17.1 Å². The minimum absolute atomic E-state index is 0.166. The van der Waals surface area contributed by atoms with E-state index >= 15 is 0 Å². The van der Waals surface area contributed by atoms with E-state index in [-0.39, 0.29) is 5.56 Å². The lowest BCUT2D eigenvalue weighted by molar-refractivity contribution is 0.630. The van der Waals surface area contributed by atoms with E-state index in [0.717, 1.165) is 22.8 Å². The number of anilines is 3. The first-order valence-corrected chi connectivity index (χ1v) is 9.04. The number of hydrogen-bond acceptors (Lipinski definition) is 3. The summed E-state index contributed by atoms with van der Waals surface area (Å²) >= 11 is 0. The van der Waals surface area contributed by atoms with E-state index < -0.39 is 0 Å². The van der Waals surface area contributed by atoms with Gasteiger partial charge in [-0.1, -0.05) is 54.6 Å². The molecule has 0 spiro atoms. The van der Waals surface area contributed by atoms with E-state index in [2.05, 4.69) is 5.32 Å². The Bertz CT molecular complexity index is 1030. The summed E-state index contributed by atoms with van der Waals surface area (Å²) in [6, 6.07) is 29.7. The molecule has 0 aliphatic rings. The zero-order valence-corrected chi connectivity index (χ0v) is 16.0. The van der Waals surface area contributed by atoms with Gasteiger partial charge in [0.1, 0.15) is 5.69 Å². The summed E-state index contributed by atoms with van der Waals surface area (Å²) in [5.41, 5.74) is 9.67. The molecule has 0 fully saturated rings. The van der Waals surface area contributed by atoms with Crippen LogP contribution < -0.4 is 16.6 Å². The smallest absolute Gasteiger partial charge is 0.294 e. The van der Waals surface area contributed by atoms with Crippen molar-refractivity contribution in [3.63, 3.8) is 0 Å². The lowest BCUT2D eigenvalue weighted by Crippen LogP contribution is -2.20. The van der Waals surface area contributed by atoms with Crippen molar-refractivity contribution in [1.29, 1.82) is 0 Å². The largest absolute Gasteiger partial charge is 0.393 e. The van der Waals surface area contributed by atoms with Gasteiger partial charge in [-0.2, -0.15) is 0 Å². The second kappa shape index (κ2) is 8.77. The minimum Gasteiger partial charge on any atom is -0.393 e. The summed E-state index contributed by atoms with van der Waals surface area (Å²) in [5.74, 6) is 0. The van der Waals surface area contributed by atoms with Crippen LogP contribution in [0.15, 0.2) is 95.8 Å². The summed E-state index contributed by atoms with van der Waals surface area (Å²) in [6.07, 6.45) is 0. The van der Waals surface area contributed by atoms with Crippen LogP contribution in [0, 0.1) is 6.92 Å². The van der Waals surface area contributed by atoms with Crippen LogP contribution in [0.1, 0.15) is 5.69 Å². The Morgan fingerprint density at radius 2 is 1.18 bits per heavy atom. The molecule has 5 heteroatoms. The summed E-state index contributed by atoms with van der Waals surface area (Å²) < 4.78 is 3.32. The van der Waals surface area contributed by atoms with Gasteiger partial charge < -0.3 is 11.1 Å². The predicted molar refractivity (Wildman–Crippen MR) is 116 cm³/mol. The van der Waals surface area contributed by atoms with Crippen LogP contribution in [0.3, 0.4) is 0 Å². The molecule has 0 bridgehead atoms. The van der Waals surface area contributed by atoms with Gasteiger partial charge in [0.25, 0.3) is 5.56 Å². The fourth-order valence-corrected chi connectivity index (χ4v) is 2.80. The highest BCUT2D eigenvalue weighted by Gasteiger charge is 2.12. The molecule has 0 radical (unpaired) electrons. The first-order valence-electron chi connectivity index (χ1n) is 9.04. The molecule has 0 saturated carbocycles. The number of nitrogens with one attached hydrogen (secondary N) is 1. The molecule has 0 saturated heterocycles. The molecule has 1 aromatic heterocycles. The van der Waals surface area contributed by atoms with Crippen LogP contribution in [-0.2, 0) is 7.05 Å². The van der Waals surface area contributed by atoms with E-state index in [0.29, 0.717) is 5.69 Å². The van der Waals surface area contributed by atoms with Crippen LogP contribution in [0.2, 0.25) is 0 Å². The summed E-state index contributed by atoms with van der Waals surface area (Å²) in [7, 11) is 1.82. The molecule has 5 nitrogen and oxygen atoms in total. The summed E-state index contributed by atoms with van der Waals surface area (Å²) in [6.45, 7) is 1.83. The molecule has 0 aliphatic carbocycles. The predicted octanol–water partition coefficient (Wildman–Crippen LogP) is 4.50. The summed E-state index contributed by atoms with van der Waals surface area (Å²) in [4.78, 5) is 11.8. The Morgan fingerprint density at radius 1 is 0.750 bits per heavy atom. The van der Waals surface area contributed by atoms with E-state index in [9.17, 15) is 4.79 Å². The molecule has 4 rings (SSSR count). The Hall–Kier alpha value is -3.73. The molecule has 142 valence electrons. The lowest BCUT2D eigenvalue weighted by atomic mass is 10.3. The number of para-hydroxylation sites is 3. The number of nitrogens with two attached hydrogens (primary N) is 1. The van der Waals surface area contributed by atoms with Gasteiger partial charge in [-0.15, -0.1) is 0 Å². The Kier molecular flexibility index (Phi) is 5.97. The normalized spacial score (nSPS) is 10.1. The van der Waals surface area contributed by atoms with Crippen LogP contribution in [0.5, 0.6) is 0 Å². The van der Waals surface area contributed by atoms with Crippen molar-refractivity contribution in [3.05, 3.63) is 107 Å². The number of benzene rings is 3. The third-order valence-corrected chi connectivity index (χ3v) is 4.43. The average molecular weight is 372 g/mol. The SMILES string of the molecule is Cc1c(N)c(=O)n(-c2ccccc2)n1C.c1ccc(Nc2ccccc2)cc1. The fourth-order valence-electron chi connectivity index (χ4n) is 2.80. The van der Waals surface area contributed by atoms with Gasteiger partial charge in [0, 0.05) is 18.4 Å². The van der Waals surface area contributed by atoms with Gasteiger partial charge in [0.2, 0.25) is 0 Å². The maximum Gasteiger partial charge on any atom is 0.294 e. The number of rotatable bonds is 3. The Labute approximate surface area is 164 Å². The Balaban J connectivity index is 0.000000162. The third kappa shape index (κ3) is 4.32. The van der Waals surface area contributed by atoms with Crippen LogP contribution >= 0.6 is 0 Å². The van der Waals surface area contributed by atoms with Gasteiger partial charge in [-0.3, -0.25) is 9.48 Å². The molecular formula is C23H24N4O. The fraction of sp³-hybridized carbons (Fsp3) is 0.0870.